The third kappa shape index (κ3) is 6.67. The Morgan fingerprint density at radius 1 is 1.28 bits per heavy atom. The molecule has 0 aliphatic rings. The van der Waals surface area contributed by atoms with Crippen LogP contribution in [0.25, 0.3) is 10.8 Å². The molecule has 3 aromatic rings. The average Bonchev–Trinajstić information content (AvgIpc) is 3.35. The zero-order valence-electron chi connectivity index (χ0n) is 15.8. The van der Waals surface area contributed by atoms with Crippen LogP contribution in [-0.2, 0) is 13.1 Å². The van der Waals surface area contributed by atoms with Gasteiger partial charge in [-0.25, -0.2) is 4.98 Å². The lowest BCUT2D eigenvalue weighted by atomic mass is 10.1. The zero-order valence-corrected chi connectivity index (χ0v) is 19.0. The van der Waals surface area contributed by atoms with Crippen molar-refractivity contribution < 1.29 is 17.9 Å². The first-order valence-electron chi connectivity index (χ1n) is 8.52. The summed E-state index contributed by atoms with van der Waals surface area (Å²) in [5.41, 5.74) is 2.29. The van der Waals surface area contributed by atoms with Gasteiger partial charge in [0.15, 0.2) is 5.96 Å². The second kappa shape index (κ2) is 11.1. The standard InChI is InChI=1S/C19H20F2N4O2S.HI/c1-12-5-6-15(27-18(20)21)13(8-12)9-23-19(22-2)24-10-14-11-26-17(25-14)16-4-3-7-28-16;/h3-8,11,18H,9-10H2,1-2H3,(H2,22,23,24);1H. The normalized spacial score (nSPS) is 11.3. The monoisotopic (exact) mass is 534 g/mol. The van der Waals surface area contributed by atoms with E-state index in [-0.39, 0.29) is 36.3 Å². The quantitative estimate of drug-likeness (QED) is 0.259. The molecule has 0 atom stereocenters. The highest BCUT2D eigenvalue weighted by Crippen LogP contribution is 2.24. The number of oxazole rings is 1. The van der Waals surface area contributed by atoms with E-state index in [1.54, 1.807) is 36.8 Å². The van der Waals surface area contributed by atoms with Crippen molar-refractivity contribution in [2.45, 2.75) is 26.6 Å². The number of nitrogens with one attached hydrogen (secondary N) is 2. The van der Waals surface area contributed by atoms with Crippen LogP contribution in [-0.4, -0.2) is 24.6 Å². The summed E-state index contributed by atoms with van der Waals surface area (Å²) in [6, 6.07) is 8.93. The Labute approximate surface area is 188 Å². The van der Waals surface area contributed by atoms with Gasteiger partial charge in [0.2, 0.25) is 5.89 Å². The minimum absolute atomic E-state index is 0. The molecule has 1 aromatic carbocycles. The van der Waals surface area contributed by atoms with E-state index in [9.17, 15) is 8.78 Å². The second-order valence-corrected chi connectivity index (χ2v) is 6.84. The molecule has 0 fully saturated rings. The highest BCUT2D eigenvalue weighted by Gasteiger charge is 2.11. The van der Waals surface area contributed by atoms with Gasteiger partial charge >= 0.3 is 6.61 Å². The van der Waals surface area contributed by atoms with Gasteiger partial charge in [-0.2, -0.15) is 8.78 Å². The van der Waals surface area contributed by atoms with Gasteiger partial charge in [-0.1, -0.05) is 23.8 Å². The number of guanidine groups is 1. The summed E-state index contributed by atoms with van der Waals surface area (Å²) in [6.45, 7) is -0.298. The summed E-state index contributed by atoms with van der Waals surface area (Å²) in [4.78, 5) is 9.53. The maximum absolute atomic E-state index is 12.6. The number of hydrogen-bond donors (Lipinski definition) is 2. The minimum Gasteiger partial charge on any atom is -0.443 e. The Morgan fingerprint density at radius 3 is 2.76 bits per heavy atom. The number of thiophene rings is 1. The number of aliphatic imine (C=N–C) groups is 1. The number of halogens is 3. The SMILES string of the molecule is CN=C(NCc1coc(-c2cccs2)n1)NCc1cc(C)ccc1OC(F)F.I. The van der Waals surface area contributed by atoms with Crippen molar-refractivity contribution >= 4 is 41.3 Å². The van der Waals surface area contributed by atoms with E-state index in [1.807, 2.05) is 24.4 Å². The molecule has 0 saturated heterocycles. The highest BCUT2D eigenvalue weighted by atomic mass is 127. The number of hydrogen-bond acceptors (Lipinski definition) is 5. The lowest BCUT2D eigenvalue weighted by Gasteiger charge is -2.14. The third-order valence-corrected chi connectivity index (χ3v) is 4.68. The molecule has 0 saturated carbocycles. The lowest BCUT2D eigenvalue weighted by molar-refractivity contribution is -0.0504. The van der Waals surface area contributed by atoms with Gasteiger partial charge in [0.05, 0.1) is 17.1 Å². The van der Waals surface area contributed by atoms with Gasteiger partial charge < -0.3 is 19.8 Å². The van der Waals surface area contributed by atoms with E-state index in [0.717, 1.165) is 16.1 Å². The number of rotatable bonds is 7. The molecule has 2 aromatic heterocycles. The predicted octanol–water partition coefficient (Wildman–Crippen LogP) is 4.80. The van der Waals surface area contributed by atoms with Gasteiger partial charge in [0.25, 0.3) is 0 Å². The first-order valence-corrected chi connectivity index (χ1v) is 9.40. The first kappa shape index (κ1) is 23.1. The van der Waals surface area contributed by atoms with Crippen LogP contribution < -0.4 is 15.4 Å². The van der Waals surface area contributed by atoms with E-state index < -0.39 is 6.61 Å². The van der Waals surface area contributed by atoms with Gasteiger partial charge in [0.1, 0.15) is 12.0 Å². The van der Waals surface area contributed by atoms with Crippen molar-refractivity contribution in [2.75, 3.05) is 7.05 Å². The lowest BCUT2D eigenvalue weighted by Crippen LogP contribution is -2.36. The summed E-state index contributed by atoms with van der Waals surface area (Å²) < 4.78 is 35.2. The van der Waals surface area contributed by atoms with Crippen molar-refractivity contribution in [3.8, 4) is 16.5 Å². The molecule has 10 heteroatoms. The topological polar surface area (TPSA) is 71.7 Å². The zero-order chi connectivity index (χ0) is 19.9. The fourth-order valence-electron chi connectivity index (χ4n) is 2.53. The van der Waals surface area contributed by atoms with E-state index in [2.05, 4.69) is 25.3 Å². The molecule has 3 rings (SSSR count). The maximum Gasteiger partial charge on any atom is 0.387 e. The summed E-state index contributed by atoms with van der Waals surface area (Å²) in [7, 11) is 1.63. The van der Waals surface area contributed by atoms with Crippen LogP contribution in [0.2, 0.25) is 0 Å². The minimum atomic E-state index is -2.87. The summed E-state index contributed by atoms with van der Waals surface area (Å²) in [5, 5.41) is 8.17. The van der Waals surface area contributed by atoms with Gasteiger partial charge in [-0.15, -0.1) is 35.3 Å². The molecular formula is C19H21F2IN4O2S. The van der Waals surface area contributed by atoms with Crippen molar-refractivity contribution in [3.63, 3.8) is 0 Å². The van der Waals surface area contributed by atoms with Crippen LogP contribution in [0, 0.1) is 6.92 Å². The third-order valence-electron chi connectivity index (χ3n) is 3.82. The van der Waals surface area contributed by atoms with Crippen LogP contribution in [0.1, 0.15) is 16.8 Å². The van der Waals surface area contributed by atoms with E-state index in [1.165, 1.54) is 6.07 Å². The van der Waals surface area contributed by atoms with E-state index >= 15 is 0 Å². The molecular weight excluding hydrogens is 513 g/mol. The molecule has 2 heterocycles. The van der Waals surface area contributed by atoms with E-state index in [0.29, 0.717) is 24.0 Å². The Bertz CT molecular complexity index is 932. The largest absolute Gasteiger partial charge is 0.443 e. The molecule has 0 radical (unpaired) electrons. The highest BCUT2D eigenvalue weighted by molar-refractivity contribution is 14.0. The fraction of sp³-hybridized carbons (Fsp3) is 0.263. The molecule has 6 nitrogen and oxygen atoms in total. The maximum atomic E-state index is 12.6. The van der Waals surface area contributed by atoms with Crippen molar-refractivity contribution in [2.24, 2.45) is 4.99 Å². The first-order chi connectivity index (χ1) is 13.5. The van der Waals surface area contributed by atoms with Crippen LogP contribution in [0.5, 0.6) is 5.75 Å². The van der Waals surface area contributed by atoms with Crippen LogP contribution >= 0.6 is 35.3 Å². The second-order valence-electron chi connectivity index (χ2n) is 5.89. The number of aromatic nitrogens is 1. The Hall–Kier alpha value is -2.21. The number of benzene rings is 1. The Balaban J connectivity index is 0.00000300. The summed E-state index contributed by atoms with van der Waals surface area (Å²) in [5.74, 6) is 1.22. The Morgan fingerprint density at radius 2 is 2.07 bits per heavy atom. The fourth-order valence-corrected chi connectivity index (χ4v) is 3.19. The molecule has 0 aliphatic heterocycles. The molecule has 0 aliphatic carbocycles. The number of nitrogens with zero attached hydrogens (tertiary/aromatic N) is 2. The van der Waals surface area contributed by atoms with E-state index in [4.69, 9.17) is 4.42 Å². The van der Waals surface area contributed by atoms with Crippen LogP contribution in [0.15, 0.2) is 51.4 Å². The van der Waals surface area contributed by atoms with Gasteiger partial charge in [-0.3, -0.25) is 4.99 Å². The number of aryl methyl sites for hydroxylation is 1. The molecule has 29 heavy (non-hydrogen) atoms. The molecule has 0 bridgehead atoms. The number of alkyl halides is 2. The van der Waals surface area contributed by atoms with Crippen molar-refractivity contribution in [3.05, 3.63) is 58.8 Å². The predicted molar refractivity (Wildman–Crippen MR) is 120 cm³/mol. The molecule has 156 valence electrons. The summed E-state index contributed by atoms with van der Waals surface area (Å²) in [6.07, 6.45) is 1.59. The van der Waals surface area contributed by atoms with Gasteiger partial charge in [-0.05, 0) is 24.4 Å². The Kier molecular flexibility index (Phi) is 8.83. The summed E-state index contributed by atoms with van der Waals surface area (Å²) >= 11 is 1.55. The molecule has 2 N–H and O–H groups in total. The average molecular weight is 534 g/mol. The van der Waals surface area contributed by atoms with Crippen molar-refractivity contribution in [1.82, 2.24) is 15.6 Å². The van der Waals surface area contributed by atoms with Crippen molar-refractivity contribution in [1.29, 1.82) is 0 Å². The molecule has 0 unspecified atom stereocenters. The molecule has 0 amide bonds. The smallest absolute Gasteiger partial charge is 0.387 e. The van der Waals surface area contributed by atoms with Crippen LogP contribution in [0.4, 0.5) is 8.78 Å². The number of ether oxygens (including phenoxy) is 1. The molecule has 0 spiro atoms. The van der Waals surface area contributed by atoms with Crippen LogP contribution in [0.3, 0.4) is 0 Å². The van der Waals surface area contributed by atoms with Gasteiger partial charge in [0, 0.05) is 19.2 Å².